The van der Waals surface area contributed by atoms with E-state index in [-0.39, 0.29) is 10.6 Å². The number of carbonyl (C=O) groups excluding carboxylic acids is 2. The largest absolute Gasteiger partial charge is 0.466 e. The molecular weight excluding hydrogens is 384 g/mol. The van der Waals surface area contributed by atoms with Crippen molar-refractivity contribution in [3.63, 3.8) is 0 Å². The van der Waals surface area contributed by atoms with Crippen molar-refractivity contribution in [2.75, 3.05) is 17.4 Å². The number of nitrogens with one attached hydrogen (secondary N) is 1. The molecule has 28 heavy (non-hydrogen) atoms. The molecule has 9 nitrogen and oxygen atoms in total. The third kappa shape index (κ3) is 4.18. The van der Waals surface area contributed by atoms with Crippen LogP contribution in [0.3, 0.4) is 0 Å². The monoisotopic (exact) mass is 398 g/mol. The first-order valence-electron chi connectivity index (χ1n) is 7.95. The van der Waals surface area contributed by atoms with Crippen LogP contribution in [-0.4, -0.2) is 29.1 Å². The molecule has 2 aromatic carbocycles. The minimum atomic E-state index is -0.645. The van der Waals surface area contributed by atoms with Crippen LogP contribution < -0.4 is 10.3 Å². The standard InChI is InChI=1S/C18H14N4O5S/c1-27-16(23)11-15-17(24)21(13-5-3-2-4-6-13)18(28-15)20-19-12-7-9-14(10-8-12)22(25)26/h2-11,19H,1H3/b15-11+,20-18+. The number of nitrogens with zero attached hydrogens (tertiary/aromatic N) is 3. The summed E-state index contributed by atoms with van der Waals surface area (Å²) < 4.78 is 4.59. The number of ether oxygens (including phenoxy) is 1. The third-order valence-electron chi connectivity index (χ3n) is 3.63. The van der Waals surface area contributed by atoms with Gasteiger partial charge in [-0.3, -0.25) is 25.2 Å². The van der Waals surface area contributed by atoms with Crippen molar-refractivity contribution in [2.24, 2.45) is 5.10 Å². The molecule has 0 atom stereocenters. The van der Waals surface area contributed by atoms with Crippen LogP contribution >= 0.6 is 11.8 Å². The lowest BCUT2D eigenvalue weighted by atomic mass is 10.3. The van der Waals surface area contributed by atoms with Gasteiger partial charge in [0.1, 0.15) is 0 Å². The molecule has 1 aliphatic rings. The van der Waals surface area contributed by atoms with Gasteiger partial charge in [0.15, 0.2) is 5.17 Å². The zero-order chi connectivity index (χ0) is 20.1. The van der Waals surface area contributed by atoms with Crippen LogP contribution in [0.15, 0.2) is 70.7 Å². The number of thioether (sulfide) groups is 1. The number of nitro groups is 1. The summed E-state index contributed by atoms with van der Waals surface area (Å²) in [5.41, 5.74) is 3.81. The van der Waals surface area contributed by atoms with E-state index < -0.39 is 16.8 Å². The first-order chi connectivity index (χ1) is 13.5. The van der Waals surface area contributed by atoms with Crippen LogP contribution in [-0.2, 0) is 14.3 Å². The van der Waals surface area contributed by atoms with E-state index in [1.807, 2.05) is 6.07 Å². The van der Waals surface area contributed by atoms with E-state index in [2.05, 4.69) is 15.3 Å². The van der Waals surface area contributed by atoms with Crippen molar-refractivity contribution in [1.29, 1.82) is 0 Å². The summed E-state index contributed by atoms with van der Waals surface area (Å²) in [4.78, 5) is 36.0. The quantitative estimate of drug-likeness (QED) is 0.356. The van der Waals surface area contributed by atoms with Crippen LogP contribution in [0.1, 0.15) is 0 Å². The van der Waals surface area contributed by atoms with Crippen molar-refractivity contribution in [1.82, 2.24) is 0 Å². The van der Waals surface area contributed by atoms with E-state index in [1.54, 1.807) is 24.3 Å². The molecule has 0 radical (unpaired) electrons. The second-order valence-corrected chi connectivity index (χ2v) is 6.43. The number of nitro benzene ring substituents is 1. The Bertz CT molecular complexity index is 973. The number of hydrogen-bond acceptors (Lipinski definition) is 8. The zero-order valence-electron chi connectivity index (χ0n) is 14.6. The Morgan fingerprint density at radius 1 is 1.21 bits per heavy atom. The maximum Gasteiger partial charge on any atom is 0.331 e. The molecular formula is C18H14N4O5S. The van der Waals surface area contributed by atoms with Gasteiger partial charge in [0.25, 0.3) is 11.6 Å². The van der Waals surface area contributed by atoms with Crippen molar-refractivity contribution >= 4 is 45.9 Å². The molecule has 0 saturated carbocycles. The number of anilines is 2. The lowest BCUT2D eigenvalue weighted by molar-refractivity contribution is -0.384. The van der Waals surface area contributed by atoms with Crippen molar-refractivity contribution in [3.8, 4) is 0 Å². The average Bonchev–Trinajstić information content (AvgIpc) is 3.02. The molecule has 1 aliphatic heterocycles. The Hall–Kier alpha value is -3.66. The van der Waals surface area contributed by atoms with Gasteiger partial charge in [-0.1, -0.05) is 18.2 Å². The minimum absolute atomic E-state index is 0.0437. The highest BCUT2D eigenvalue weighted by molar-refractivity contribution is 8.19. The van der Waals surface area contributed by atoms with E-state index >= 15 is 0 Å². The Morgan fingerprint density at radius 3 is 2.50 bits per heavy atom. The predicted molar refractivity (Wildman–Crippen MR) is 106 cm³/mol. The second-order valence-electron chi connectivity index (χ2n) is 5.42. The molecule has 10 heteroatoms. The molecule has 1 fully saturated rings. The van der Waals surface area contributed by atoms with Crippen LogP contribution in [0.4, 0.5) is 17.1 Å². The van der Waals surface area contributed by atoms with Crippen molar-refractivity contribution in [2.45, 2.75) is 0 Å². The number of rotatable bonds is 5. The second kappa shape index (κ2) is 8.35. The number of hydrogen-bond donors (Lipinski definition) is 1. The Labute approximate surface area is 163 Å². The SMILES string of the molecule is COC(=O)/C=C1/S/C(=N/Nc2ccc([N+](=O)[O-])cc2)N(c2ccccc2)C1=O. The lowest BCUT2D eigenvalue weighted by Crippen LogP contribution is -2.29. The van der Waals surface area contributed by atoms with Crippen LogP contribution in [0, 0.1) is 10.1 Å². The maximum absolute atomic E-state index is 12.7. The van der Waals surface area contributed by atoms with Crippen molar-refractivity contribution < 1.29 is 19.2 Å². The highest BCUT2D eigenvalue weighted by atomic mass is 32.2. The average molecular weight is 398 g/mol. The van der Waals surface area contributed by atoms with E-state index in [1.165, 1.54) is 36.3 Å². The molecule has 3 rings (SSSR count). The Balaban J connectivity index is 1.90. The van der Waals surface area contributed by atoms with Gasteiger partial charge in [0.2, 0.25) is 0 Å². The summed E-state index contributed by atoms with van der Waals surface area (Å²) in [6, 6.07) is 14.5. The zero-order valence-corrected chi connectivity index (χ0v) is 15.4. The highest BCUT2D eigenvalue weighted by Crippen LogP contribution is 2.34. The molecule has 0 spiro atoms. The summed E-state index contributed by atoms with van der Waals surface area (Å²) in [6.07, 6.45) is 1.11. The molecule has 2 aromatic rings. The summed E-state index contributed by atoms with van der Waals surface area (Å²) in [7, 11) is 1.23. The van der Waals surface area contributed by atoms with E-state index in [9.17, 15) is 19.7 Å². The van der Waals surface area contributed by atoms with Gasteiger partial charge in [-0.05, 0) is 36.0 Å². The molecule has 0 aromatic heterocycles. The van der Waals surface area contributed by atoms with E-state index in [0.717, 1.165) is 17.8 Å². The van der Waals surface area contributed by atoms with Crippen molar-refractivity contribution in [3.05, 3.63) is 75.7 Å². The number of non-ortho nitro benzene ring substituents is 1. The fraction of sp³-hybridized carbons (Fsp3) is 0.0556. The number of esters is 1. The number of amidine groups is 1. The summed E-state index contributed by atoms with van der Waals surface area (Å²) in [5, 5.41) is 15.3. The van der Waals surface area contributed by atoms with Gasteiger partial charge in [0.05, 0.1) is 28.3 Å². The van der Waals surface area contributed by atoms with Crippen LogP contribution in [0.25, 0.3) is 0 Å². The summed E-state index contributed by atoms with van der Waals surface area (Å²) in [6.45, 7) is 0. The van der Waals surface area contributed by atoms with Gasteiger partial charge in [-0.2, -0.15) is 0 Å². The molecule has 1 saturated heterocycles. The molecule has 1 amide bonds. The fourth-order valence-corrected chi connectivity index (χ4v) is 3.19. The molecule has 1 N–H and O–H groups in total. The number of amides is 1. The lowest BCUT2D eigenvalue weighted by Gasteiger charge is -2.15. The Kier molecular flexibility index (Phi) is 5.70. The first kappa shape index (κ1) is 19.1. The van der Waals surface area contributed by atoms with Crippen LogP contribution in [0.5, 0.6) is 0 Å². The number of methoxy groups -OCH3 is 1. The van der Waals surface area contributed by atoms with Gasteiger partial charge < -0.3 is 4.74 Å². The third-order valence-corrected chi connectivity index (χ3v) is 4.60. The number of carbonyl (C=O) groups is 2. The maximum atomic E-state index is 12.7. The normalized spacial score (nSPS) is 16.5. The molecule has 1 heterocycles. The summed E-state index contributed by atoms with van der Waals surface area (Å²) in [5.74, 6) is -1.06. The van der Waals surface area contributed by atoms with Gasteiger partial charge >= 0.3 is 5.97 Å². The van der Waals surface area contributed by atoms with E-state index in [4.69, 9.17) is 0 Å². The minimum Gasteiger partial charge on any atom is -0.466 e. The van der Waals surface area contributed by atoms with E-state index in [0.29, 0.717) is 16.5 Å². The Morgan fingerprint density at radius 2 is 1.89 bits per heavy atom. The molecule has 0 aliphatic carbocycles. The topological polar surface area (TPSA) is 114 Å². The highest BCUT2D eigenvalue weighted by Gasteiger charge is 2.35. The molecule has 0 bridgehead atoms. The molecule has 0 unspecified atom stereocenters. The van der Waals surface area contributed by atoms with Crippen LogP contribution in [0.2, 0.25) is 0 Å². The summed E-state index contributed by atoms with van der Waals surface area (Å²) >= 11 is 1.01. The van der Waals surface area contributed by atoms with Gasteiger partial charge in [-0.15, -0.1) is 5.10 Å². The fourth-order valence-electron chi connectivity index (χ4n) is 2.29. The smallest absolute Gasteiger partial charge is 0.331 e. The van der Waals surface area contributed by atoms with Gasteiger partial charge in [0, 0.05) is 18.2 Å². The van der Waals surface area contributed by atoms with Gasteiger partial charge in [-0.25, -0.2) is 4.79 Å². The number of para-hydroxylation sites is 1. The molecule has 142 valence electrons. The number of hydrazone groups is 1. The number of benzene rings is 2. The predicted octanol–water partition coefficient (Wildman–Crippen LogP) is 3.11. The first-order valence-corrected chi connectivity index (χ1v) is 8.76.